The predicted molar refractivity (Wildman–Crippen MR) is 69.8 cm³/mol. The number of nitrogens with zero attached hydrogens (tertiary/aromatic N) is 2. The molecular formula is C13H15N3O3. The number of anilines is 1. The van der Waals surface area contributed by atoms with Crippen molar-refractivity contribution in [3.63, 3.8) is 0 Å². The number of hydrogen-bond acceptors (Lipinski definition) is 5. The zero-order valence-electron chi connectivity index (χ0n) is 10.5. The Morgan fingerprint density at radius 1 is 1.58 bits per heavy atom. The van der Waals surface area contributed by atoms with Gasteiger partial charge in [-0.1, -0.05) is 0 Å². The van der Waals surface area contributed by atoms with Crippen molar-refractivity contribution in [3.8, 4) is 6.07 Å². The molecule has 1 aliphatic rings. The molecule has 1 N–H and O–H groups in total. The van der Waals surface area contributed by atoms with E-state index in [1.165, 1.54) is 12.1 Å². The van der Waals surface area contributed by atoms with Crippen molar-refractivity contribution in [1.82, 2.24) is 0 Å². The highest BCUT2D eigenvalue weighted by Gasteiger charge is 2.15. The summed E-state index contributed by atoms with van der Waals surface area (Å²) in [7, 11) is 0. The van der Waals surface area contributed by atoms with E-state index in [9.17, 15) is 10.1 Å². The van der Waals surface area contributed by atoms with Gasteiger partial charge in [0.2, 0.25) is 0 Å². The maximum atomic E-state index is 10.6. The fourth-order valence-electron chi connectivity index (χ4n) is 2.12. The van der Waals surface area contributed by atoms with Gasteiger partial charge in [0.1, 0.15) is 6.07 Å². The topological polar surface area (TPSA) is 88.2 Å². The molecule has 1 aliphatic heterocycles. The number of rotatable bonds is 4. The number of ether oxygens (including phenoxy) is 1. The predicted octanol–water partition coefficient (Wildman–Crippen LogP) is 2.30. The van der Waals surface area contributed by atoms with Crippen molar-refractivity contribution in [3.05, 3.63) is 33.9 Å². The van der Waals surface area contributed by atoms with Gasteiger partial charge in [0, 0.05) is 25.3 Å². The molecule has 19 heavy (non-hydrogen) atoms. The molecule has 1 atom stereocenters. The largest absolute Gasteiger partial charge is 0.384 e. The molecule has 1 unspecified atom stereocenters. The summed E-state index contributed by atoms with van der Waals surface area (Å²) in [6.07, 6.45) is 2.15. The van der Waals surface area contributed by atoms with Crippen LogP contribution < -0.4 is 5.32 Å². The van der Waals surface area contributed by atoms with E-state index in [1.54, 1.807) is 6.07 Å². The Kier molecular flexibility index (Phi) is 4.31. The summed E-state index contributed by atoms with van der Waals surface area (Å²) in [4.78, 5) is 10.1. The summed E-state index contributed by atoms with van der Waals surface area (Å²) in [6, 6.07) is 6.26. The van der Waals surface area contributed by atoms with Gasteiger partial charge in [0.25, 0.3) is 5.69 Å². The van der Waals surface area contributed by atoms with Crippen LogP contribution in [0.3, 0.4) is 0 Å². The smallest absolute Gasteiger partial charge is 0.270 e. The molecular weight excluding hydrogens is 246 g/mol. The van der Waals surface area contributed by atoms with Gasteiger partial charge in [-0.3, -0.25) is 10.1 Å². The highest BCUT2D eigenvalue weighted by atomic mass is 16.6. The van der Waals surface area contributed by atoms with E-state index in [0.717, 1.165) is 26.1 Å². The minimum absolute atomic E-state index is 0.0666. The summed E-state index contributed by atoms with van der Waals surface area (Å²) >= 11 is 0. The number of non-ortho nitro benzene ring substituents is 1. The van der Waals surface area contributed by atoms with Crippen LogP contribution in [0.2, 0.25) is 0 Å². The van der Waals surface area contributed by atoms with Crippen LogP contribution in [0, 0.1) is 27.4 Å². The second-order valence-electron chi connectivity index (χ2n) is 4.56. The van der Waals surface area contributed by atoms with Crippen LogP contribution >= 0.6 is 0 Å². The lowest BCUT2D eigenvalue weighted by molar-refractivity contribution is -0.384. The van der Waals surface area contributed by atoms with E-state index < -0.39 is 4.92 Å². The van der Waals surface area contributed by atoms with Gasteiger partial charge in [-0.25, -0.2) is 0 Å². The summed E-state index contributed by atoms with van der Waals surface area (Å²) < 4.78 is 5.38. The molecule has 1 saturated heterocycles. The Bertz CT molecular complexity index is 504. The highest BCUT2D eigenvalue weighted by Crippen LogP contribution is 2.22. The van der Waals surface area contributed by atoms with Gasteiger partial charge in [0.15, 0.2) is 0 Å². The first-order valence-electron chi connectivity index (χ1n) is 6.21. The molecule has 1 aromatic carbocycles. The molecule has 0 radical (unpaired) electrons. The fourth-order valence-corrected chi connectivity index (χ4v) is 2.12. The third-order valence-corrected chi connectivity index (χ3v) is 3.17. The molecule has 0 saturated carbocycles. The van der Waals surface area contributed by atoms with E-state index in [1.807, 2.05) is 6.07 Å². The molecule has 6 nitrogen and oxygen atoms in total. The Balaban J connectivity index is 2.03. The van der Waals surface area contributed by atoms with Crippen LogP contribution in [0.25, 0.3) is 0 Å². The lowest BCUT2D eigenvalue weighted by atomic mass is 10.0. The monoisotopic (exact) mass is 261 g/mol. The van der Waals surface area contributed by atoms with Gasteiger partial charge in [-0.05, 0) is 24.8 Å². The van der Waals surface area contributed by atoms with Gasteiger partial charge >= 0.3 is 0 Å². The lowest BCUT2D eigenvalue weighted by Crippen LogP contribution is -2.24. The van der Waals surface area contributed by atoms with Crippen LogP contribution in [-0.2, 0) is 4.74 Å². The van der Waals surface area contributed by atoms with E-state index >= 15 is 0 Å². The molecule has 1 heterocycles. The van der Waals surface area contributed by atoms with Crippen LogP contribution in [0.4, 0.5) is 11.4 Å². The van der Waals surface area contributed by atoms with E-state index in [0.29, 0.717) is 23.7 Å². The maximum Gasteiger partial charge on any atom is 0.270 e. The maximum absolute atomic E-state index is 10.6. The molecule has 0 amide bonds. The first kappa shape index (κ1) is 13.3. The first-order valence-corrected chi connectivity index (χ1v) is 6.21. The highest BCUT2D eigenvalue weighted by molar-refractivity contribution is 5.61. The third-order valence-electron chi connectivity index (χ3n) is 3.17. The molecule has 0 bridgehead atoms. The second kappa shape index (κ2) is 6.16. The SMILES string of the molecule is N#Cc1cc([N+](=O)[O-])ccc1NCC1CCCOC1. The van der Waals surface area contributed by atoms with Crippen molar-refractivity contribution >= 4 is 11.4 Å². The van der Waals surface area contributed by atoms with Crippen molar-refractivity contribution in [2.24, 2.45) is 5.92 Å². The summed E-state index contributed by atoms with van der Waals surface area (Å²) in [5, 5.41) is 22.8. The first-order chi connectivity index (χ1) is 9.20. The van der Waals surface area contributed by atoms with Crippen LogP contribution in [0.1, 0.15) is 18.4 Å². The van der Waals surface area contributed by atoms with E-state index in [-0.39, 0.29) is 5.69 Å². The number of nitrogens with one attached hydrogen (secondary N) is 1. The van der Waals surface area contributed by atoms with E-state index in [2.05, 4.69) is 5.32 Å². The molecule has 100 valence electrons. The van der Waals surface area contributed by atoms with Gasteiger partial charge in [0.05, 0.1) is 22.8 Å². The number of nitro groups is 1. The number of nitriles is 1. The lowest BCUT2D eigenvalue weighted by Gasteiger charge is -2.22. The molecule has 0 aromatic heterocycles. The minimum atomic E-state index is -0.500. The number of nitro benzene ring substituents is 1. The zero-order valence-corrected chi connectivity index (χ0v) is 10.5. The summed E-state index contributed by atoms with van der Waals surface area (Å²) in [5.41, 5.74) is 0.868. The van der Waals surface area contributed by atoms with Crippen molar-refractivity contribution < 1.29 is 9.66 Å². The normalized spacial score (nSPS) is 18.6. The average molecular weight is 261 g/mol. The second-order valence-corrected chi connectivity index (χ2v) is 4.56. The Morgan fingerprint density at radius 3 is 3.05 bits per heavy atom. The van der Waals surface area contributed by atoms with Crippen LogP contribution in [0.15, 0.2) is 18.2 Å². The zero-order chi connectivity index (χ0) is 13.7. The van der Waals surface area contributed by atoms with Crippen LogP contribution in [0.5, 0.6) is 0 Å². The third kappa shape index (κ3) is 3.42. The minimum Gasteiger partial charge on any atom is -0.384 e. The molecule has 0 aliphatic carbocycles. The van der Waals surface area contributed by atoms with E-state index in [4.69, 9.17) is 10.00 Å². The van der Waals surface area contributed by atoms with Crippen LogP contribution in [-0.4, -0.2) is 24.7 Å². The molecule has 1 aromatic rings. The fraction of sp³-hybridized carbons (Fsp3) is 0.462. The van der Waals surface area contributed by atoms with Crippen molar-refractivity contribution in [2.75, 3.05) is 25.1 Å². The Labute approximate surface area is 111 Å². The Hall–Kier alpha value is -2.13. The number of hydrogen-bond donors (Lipinski definition) is 1. The summed E-state index contributed by atoms with van der Waals surface area (Å²) in [6.45, 7) is 2.26. The van der Waals surface area contributed by atoms with Crippen molar-refractivity contribution in [1.29, 1.82) is 5.26 Å². The summed E-state index contributed by atoms with van der Waals surface area (Å²) in [5.74, 6) is 0.426. The average Bonchev–Trinajstić information content (AvgIpc) is 2.45. The molecule has 2 rings (SSSR count). The Morgan fingerprint density at radius 2 is 2.42 bits per heavy atom. The quantitative estimate of drug-likeness (QED) is 0.663. The van der Waals surface area contributed by atoms with Gasteiger partial charge < -0.3 is 10.1 Å². The molecule has 0 spiro atoms. The molecule has 1 fully saturated rings. The standard InChI is InChI=1S/C13H15N3O3/c14-7-11-6-12(16(17)18)3-4-13(11)15-8-10-2-1-5-19-9-10/h3-4,6,10,15H,1-2,5,8-9H2. The van der Waals surface area contributed by atoms with Crippen molar-refractivity contribution in [2.45, 2.75) is 12.8 Å². The molecule has 6 heteroatoms. The van der Waals surface area contributed by atoms with Gasteiger partial charge in [-0.2, -0.15) is 5.26 Å². The van der Waals surface area contributed by atoms with Gasteiger partial charge in [-0.15, -0.1) is 0 Å². The number of benzene rings is 1.